The molecule has 1 aromatic rings. The van der Waals surface area contributed by atoms with Crippen LogP contribution in [0.5, 0.6) is 5.75 Å². The van der Waals surface area contributed by atoms with Crippen molar-refractivity contribution in [2.75, 3.05) is 18.1 Å². The van der Waals surface area contributed by atoms with Crippen molar-refractivity contribution in [2.45, 2.75) is 25.8 Å². The van der Waals surface area contributed by atoms with Crippen LogP contribution in [0.25, 0.3) is 0 Å². The lowest BCUT2D eigenvalue weighted by molar-refractivity contribution is 0.0937. The number of hydrogen-bond acceptors (Lipinski definition) is 3. The molecule has 110 valence electrons. The van der Waals surface area contributed by atoms with Gasteiger partial charge in [0.2, 0.25) is 0 Å². The molecule has 1 heterocycles. The molecule has 6 heteroatoms. The van der Waals surface area contributed by atoms with Gasteiger partial charge in [0.05, 0.1) is 12.2 Å². The van der Waals surface area contributed by atoms with Crippen molar-refractivity contribution < 1.29 is 13.7 Å². The maximum Gasteiger partial charge on any atom is 0.255 e. The van der Waals surface area contributed by atoms with Gasteiger partial charge in [0.1, 0.15) is 5.75 Å². The number of amides is 1. The Morgan fingerprint density at radius 3 is 3.00 bits per heavy atom. The van der Waals surface area contributed by atoms with Gasteiger partial charge < -0.3 is 10.1 Å². The minimum atomic E-state index is -0.812. The summed E-state index contributed by atoms with van der Waals surface area (Å²) in [6.07, 6.45) is 1.62. The highest BCUT2D eigenvalue weighted by molar-refractivity contribution is 7.85. The van der Waals surface area contributed by atoms with E-state index >= 15 is 0 Å². The molecule has 1 amide bonds. The topological polar surface area (TPSA) is 55.4 Å². The Bertz CT molecular complexity index is 521. The van der Waals surface area contributed by atoms with E-state index in [9.17, 15) is 9.00 Å². The molecule has 1 aromatic carbocycles. The van der Waals surface area contributed by atoms with Crippen molar-refractivity contribution >= 4 is 28.3 Å². The SMILES string of the molecule is CCCOc1ccc(Cl)cc1C(=O)NC1CCS(=O)C1. The van der Waals surface area contributed by atoms with E-state index in [1.807, 2.05) is 6.92 Å². The minimum absolute atomic E-state index is 0.0265. The van der Waals surface area contributed by atoms with Crippen LogP contribution in [0.2, 0.25) is 5.02 Å². The molecule has 20 heavy (non-hydrogen) atoms. The van der Waals surface area contributed by atoms with Crippen LogP contribution in [0, 0.1) is 0 Å². The fourth-order valence-corrected chi connectivity index (χ4v) is 3.64. The zero-order valence-corrected chi connectivity index (χ0v) is 12.9. The minimum Gasteiger partial charge on any atom is -0.493 e. The highest BCUT2D eigenvalue weighted by atomic mass is 35.5. The van der Waals surface area contributed by atoms with Crippen molar-refractivity contribution in [1.82, 2.24) is 5.32 Å². The van der Waals surface area contributed by atoms with Crippen LogP contribution >= 0.6 is 11.6 Å². The number of hydrogen-bond donors (Lipinski definition) is 1. The highest BCUT2D eigenvalue weighted by Crippen LogP contribution is 2.23. The van der Waals surface area contributed by atoms with Crippen LogP contribution in [0.15, 0.2) is 18.2 Å². The molecule has 0 radical (unpaired) electrons. The number of carbonyl (C=O) groups excluding carboxylic acids is 1. The summed E-state index contributed by atoms with van der Waals surface area (Å²) in [7, 11) is -0.812. The fraction of sp³-hybridized carbons (Fsp3) is 0.500. The normalized spacial score (nSPS) is 21.7. The Morgan fingerprint density at radius 2 is 2.35 bits per heavy atom. The molecule has 1 aliphatic heterocycles. The van der Waals surface area contributed by atoms with E-state index in [-0.39, 0.29) is 11.9 Å². The van der Waals surface area contributed by atoms with E-state index in [0.717, 1.165) is 12.8 Å². The molecular formula is C14H18ClNO3S. The number of carbonyl (C=O) groups is 1. The van der Waals surface area contributed by atoms with Gasteiger partial charge in [-0.1, -0.05) is 18.5 Å². The van der Waals surface area contributed by atoms with Gasteiger partial charge in [-0.15, -0.1) is 0 Å². The number of halogens is 1. The predicted octanol–water partition coefficient (Wildman–Crippen LogP) is 2.38. The Balaban J connectivity index is 2.10. The van der Waals surface area contributed by atoms with Gasteiger partial charge in [0, 0.05) is 33.4 Å². The van der Waals surface area contributed by atoms with Gasteiger partial charge in [-0.25, -0.2) is 0 Å². The number of nitrogens with one attached hydrogen (secondary N) is 1. The fourth-order valence-electron chi connectivity index (χ4n) is 2.06. The van der Waals surface area contributed by atoms with Gasteiger partial charge in [0.15, 0.2) is 0 Å². The molecule has 2 unspecified atom stereocenters. The van der Waals surface area contributed by atoms with Crippen LogP contribution in [-0.2, 0) is 10.8 Å². The van der Waals surface area contributed by atoms with E-state index in [1.165, 1.54) is 0 Å². The van der Waals surface area contributed by atoms with Crippen molar-refractivity contribution in [1.29, 1.82) is 0 Å². The van der Waals surface area contributed by atoms with Crippen LogP contribution in [0.4, 0.5) is 0 Å². The molecule has 1 aliphatic rings. The smallest absolute Gasteiger partial charge is 0.255 e. The summed E-state index contributed by atoms with van der Waals surface area (Å²) in [5.74, 6) is 1.49. The average molecular weight is 316 g/mol. The summed E-state index contributed by atoms with van der Waals surface area (Å²) in [4.78, 5) is 12.3. The maximum absolute atomic E-state index is 12.3. The second kappa shape index (κ2) is 7.09. The van der Waals surface area contributed by atoms with Gasteiger partial charge in [-0.05, 0) is 31.0 Å². The van der Waals surface area contributed by atoms with Crippen LogP contribution < -0.4 is 10.1 Å². The monoisotopic (exact) mass is 315 g/mol. The van der Waals surface area contributed by atoms with Crippen molar-refractivity contribution in [3.63, 3.8) is 0 Å². The third-order valence-electron chi connectivity index (χ3n) is 3.06. The summed E-state index contributed by atoms with van der Waals surface area (Å²) in [5, 5.41) is 3.39. The van der Waals surface area contributed by atoms with Gasteiger partial charge >= 0.3 is 0 Å². The summed E-state index contributed by atoms with van der Waals surface area (Å²) in [5.41, 5.74) is 0.434. The Labute approximate surface area is 126 Å². The zero-order valence-electron chi connectivity index (χ0n) is 11.4. The maximum atomic E-state index is 12.3. The van der Waals surface area contributed by atoms with E-state index in [4.69, 9.17) is 16.3 Å². The lowest BCUT2D eigenvalue weighted by atomic mass is 10.1. The molecule has 4 nitrogen and oxygen atoms in total. The Morgan fingerprint density at radius 1 is 1.55 bits per heavy atom. The Hall–Kier alpha value is -1.07. The molecule has 0 aromatic heterocycles. The standard InChI is InChI=1S/C14H18ClNO3S/c1-2-6-19-13-4-3-10(15)8-12(13)14(17)16-11-5-7-20(18)9-11/h3-4,8,11H,2,5-7,9H2,1H3,(H,16,17). The summed E-state index contributed by atoms with van der Waals surface area (Å²) in [6.45, 7) is 2.55. The first kappa shape index (κ1) is 15.3. The van der Waals surface area contributed by atoms with Gasteiger partial charge in [-0.2, -0.15) is 0 Å². The molecular weight excluding hydrogens is 298 g/mol. The molecule has 1 fully saturated rings. The largest absolute Gasteiger partial charge is 0.493 e. The second-order valence-electron chi connectivity index (χ2n) is 4.76. The number of rotatable bonds is 5. The first-order valence-corrected chi connectivity index (χ1v) is 8.55. The quantitative estimate of drug-likeness (QED) is 0.907. The van der Waals surface area contributed by atoms with E-state index < -0.39 is 10.8 Å². The first-order chi connectivity index (χ1) is 9.60. The van der Waals surface area contributed by atoms with Crippen molar-refractivity contribution in [3.8, 4) is 5.75 Å². The predicted molar refractivity (Wildman–Crippen MR) is 81.0 cm³/mol. The lowest BCUT2D eigenvalue weighted by Gasteiger charge is -2.14. The van der Waals surface area contributed by atoms with Crippen LogP contribution in [-0.4, -0.2) is 34.3 Å². The average Bonchev–Trinajstić information content (AvgIpc) is 2.82. The van der Waals surface area contributed by atoms with E-state index in [0.29, 0.717) is 34.4 Å². The first-order valence-electron chi connectivity index (χ1n) is 6.68. The van der Waals surface area contributed by atoms with Crippen LogP contribution in [0.1, 0.15) is 30.1 Å². The summed E-state index contributed by atoms with van der Waals surface area (Å²) >= 11 is 5.95. The van der Waals surface area contributed by atoms with Crippen molar-refractivity contribution in [2.24, 2.45) is 0 Å². The molecule has 1 N–H and O–H groups in total. The molecule has 1 saturated heterocycles. The summed E-state index contributed by atoms with van der Waals surface area (Å²) in [6, 6.07) is 4.99. The second-order valence-corrected chi connectivity index (χ2v) is 6.82. The molecule has 2 rings (SSSR count). The van der Waals surface area contributed by atoms with E-state index in [2.05, 4.69) is 5.32 Å². The molecule has 2 atom stereocenters. The molecule has 0 bridgehead atoms. The molecule has 0 saturated carbocycles. The van der Waals surface area contributed by atoms with E-state index in [1.54, 1.807) is 18.2 Å². The van der Waals surface area contributed by atoms with Crippen LogP contribution in [0.3, 0.4) is 0 Å². The van der Waals surface area contributed by atoms with Crippen molar-refractivity contribution in [3.05, 3.63) is 28.8 Å². The van der Waals surface area contributed by atoms with Gasteiger partial charge in [0.25, 0.3) is 5.91 Å². The zero-order chi connectivity index (χ0) is 14.5. The molecule has 0 spiro atoms. The third-order valence-corrected chi connectivity index (χ3v) is 4.76. The Kier molecular flexibility index (Phi) is 5.43. The molecule has 0 aliphatic carbocycles. The number of benzene rings is 1. The van der Waals surface area contributed by atoms with Gasteiger partial charge in [-0.3, -0.25) is 9.00 Å². The highest BCUT2D eigenvalue weighted by Gasteiger charge is 2.24. The lowest BCUT2D eigenvalue weighted by Crippen LogP contribution is -2.35. The number of ether oxygens (including phenoxy) is 1. The summed E-state index contributed by atoms with van der Waals surface area (Å²) < 4.78 is 16.9. The third kappa shape index (κ3) is 3.96.